The Morgan fingerprint density at radius 2 is 2.37 bits per heavy atom. The number of hydrogen-bond acceptors (Lipinski definition) is 5. The lowest BCUT2D eigenvalue weighted by atomic mass is 10.3. The van der Waals surface area contributed by atoms with Crippen molar-refractivity contribution in [2.75, 3.05) is 5.73 Å². The van der Waals surface area contributed by atoms with E-state index in [0.717, 1.165) is 11.4 Å². The Morgan fingerprint density at radius 3 is 2.89 bits per heavy atom. The molecule has 6 nitrogen and oxygen atoms in total. The summed E-state index contributed by atoms with van der Waals surface area (Å²) in [6.45, 7) is 3.98. The lowest BCUT2D eigenvalue weighted by Crippen LogP contribution is -2.27. The van der Waals surface area contributed by atoms with Crippen LogP contribution in [0.4, 0.5) is 5.69 Å². The van der Waals surface area contributed by atoms with Gasteiger partial charge in [0, 0.05) is 24.3 Å². The number of anilines is 1. The highest BCUT2D eigenvalue weighted by Gasteiger charge is 2.18. The number of nitrogens with two attached hydrogens (primary N) is 1. The van der Waals surface area contributed by atoms with E-state index in [0.29, 0.717) is 5.69 Å². The smallest absolute Gasteiger partial charge is 0.274 e. The predicted octanol–water partition coefficient (Wildman–Crippen LogP) is 1.51. The predicted molar refractivity (Wildman–Crippen MR) is 75.0 cm³/mol. The van der Waals surface area contributed by atoms with E-state index >= 15 is 0 Å². The molecule has 1 atom stereocenters. The number of amides is 1. The van der Waals surface area contributed by atoms with Crippen molar-refractivity contribution in [1.82, 2.24) is 20.1 Å². The van der Waals surface area contributed by atoms with Crippen LogP contribution in [0.25, 0.3) is 0 Å². The zero-order chi connectivity index (χ0) is 14.0. The largest absolute Gasteiger partial charge is 0.396 e. The van der Waals surface area contributed by atoms with E-state index in [1.165, 1.54) is 9.56 Å². The third kappa shape index (κ3) is 2.93. The summed E-state index contributed by atoms with van der Waals surface area (Å²) in [4.78, 5) is 17.6. The maximum Gasteiger partial charge on any atom is 0.274 e. The van der Waals surface area contributed by atoms with Crippen molar-refractivity contribution in [3.63, 3.8) is 0 Å². The van der Waals surface area contributed by atoms with Gasteiger partial charge in [0.2, 0.25) is 0 Å². The summed E-state index contributed by atoms with van der Waals surface area (Å²) in [7, 11) is 1.73. The van der Waals surface area contributed by atoms with Crippen LogP contribution in [-0.4, -0.2) is 20.7 Å². The molecule has 0 saturated heterocycles. The molecule has 2 aromatic rings. The number of nitrogen functional groups attached to an aromatic ring is 1. The molecule has 0 aliphatic carbocycles. The van der Waals surface area contributed by atoms with Gasteiger partial charge in [-0.25, -0.2) is 4.98 Å². The zero-order valence-electron chi connectivity index (χ0n) is 11.2. The van der Waals surface area contributed by atoms with E-state index in [-0.39, 0.29) is 17.6 Å². The summed E-state index contributed by atoms with van der Waals surface area (Å²) in [5.74, 6) is -0.279. The van der Waals surface area contributed by atoms with Crippen LogP contribution in [0.1, 0.15) is 40.3 Å². The van der Waals surface area contributed by atoms with E-state index in [1.807, 2.05) is 13.1 Å². The fourth-order valence-corrected chi connectivity index (χ4v) is 2.56. The molecule has 7 heteroatoms. The molecular weight excluding hydrogens is 262 g/mol. The molecule has 1 unspecified atom stereocenters. The molecule has 2 heterocycles. The number of carbonyl (C=O) groups excluding carboxylic acids is 1. The SMILES string of the molecule is CCc1cnc(C(C)NC(=O)c2nn(C)cc2N)s1. The van der Waals surface area contributed by atoms with E-state index in [2.05, 4.69) is 22.3 Å². The monoisotopic (exact) mass is 279 g/mol. The zero-order valence-corrected chi connectivity index (χ0v) is 12.0. The number of nitrogens with one attached hydrogen (secondary N) is 1. The Labute approximate surface area is 115 Å². The van der Waals surface area contributed by atoms with Gasteiger partial charge in [0.15, 0.2) is 5.69 Å². The number of rotatable bonds is 4. The molecule has 0 aromatic carbocycles. The van der Waals surface area contributed by atoms with Gasteiger partial charge in [-0.2, -0.15) is 5.10 Å². The fourth-order valence-electron chi connectivity index (χ4n) is 1.70. The quantitative estimate of drug-likeness (QED) is 0.888. The van der Waals surface area contributed by atoms with Gasteiger partial charge >= 0.3 is 0 Å². The van der Waals surface area contributed by atoms with Gasteiger partial charge in [-0.15, -0.1) is 11.3 Å². The molecule has 1 amide bonds. The minimum absolute atomic E-state index is 0.154. The summed E-state index contributed by atoms with van der Waals surface area (Å²) in [5, 5.41) is 7.79. The Kier molecular flexibility index (Phi) is 3.84. The number of carbonyl (C=O) groups is 1. The summed E-state index contributed by atoms with van der Waals surface area (Å²) < 4.78 is 1.52. The van der Waals surface area contributed by atoms with Crippen LogP contribution in [0.3, 0.4) is 0 Å². The number of hydrogen-bond donors (Lipinski definition) is 2. The number of nitrogens with zero attached hydrogens (tertiary/aromatic N) is 3. The van der Waals surface area contributed by atoms with Crippen LogP contribution in [-0.2, 0) is 13.5 Å². The van der Waals surface area contributed by atoms with Crippen molar-refractivity contribution >= 4 is 22.9 Å². The van der Waals surface area contributed by atoms with Gasteiger partial charge in [0.25, 0.3) is 5.91 Å². The Balaban J connectivity index is 2.08. The van der Waals surface area contributed by atoms with Crippen LogP contribution >= 0.6 is 11.3 Å². The second-order valence-corrected chi connectivity index (χ2v) is 5.47. The van der Waals surface area contributed by atoms with Gasteiger partial charge in [0.05, 0.1) is 11.7 Å². The maximum atomic E-state index is 12.0. The number of aromatic nitrogens is 3. The molecule has 3 N–H and O–H groups in total. The van der Waals surface area contributed by atoms with Crippen LogP contribution in [0.15, 0.2) is 12.4 Å². The van der Waals surface area contributed by atoms with Crippen molar-refractivity contribution in [3.8, 4) is 0 Å². The highest BCUT2D eigenvalue weighted by Crippen LogP contribution is 2.21. The molecule has 0 saturated carbocycles. The van der Waals surface area contributed by atoms with Crippen molar-refractivity contribution in [1.29, 1.82) is 0 Å². The minimum atomic E-state index is -0.279. The highest BCUT2D eigenvalue weighted by molar-refractivity contribution is 7.11. The molecule has 2 aromatic heterocycles. The Bertz CT molecular complexity index is 589. The number of aryl methyl sites for hydroxylation is 2. The van der Waals surface area contributed by atoms with Gasteiger partial charge in [-0.3, -0.25) is 9.48 Å². The normalized spacial score (nSPS) is 12.4. The topological polar surface area (TPSA) is 85.8 Å². The third-order valence-corrected chi connectivity index (χ3v) is 4.03. The van der Waals surface area contributed by atoms with Crippen molar-refractivity contribution in [2.45, 2.75) is 26.3 Å². The highest BCUT2D eigenvalue weighted by atomic mass is 32.1. The van der Waals surface area contributed by atoms with Gasteiger partial charge in [0.1, 0.15) is 5.01 Å². The lowest BCUT2D eigenvalue weighted by Gasteiger charge is -2.10. The van der Waals surface area contributed by atoms with Crippen LogP contribution in [0, 0.1) is 0 Å². The van der Waals surface area contributed by atoms with Crippen LogP contribution < -0.4 is 11.1 Å². The first-order chi connectivity index (χ1) is 9.01. The average molecular weight is 279 g/mol. The van der Waals surface area contributed by atoms with E-state index in [9.17, 15) is 4.79 Å². The van der Waals surface area contributed by atoms with Crippen molar-refractivity contribution in [2.24, 2.45) is 7.05 Å². The second-order valence-electron chi connectivity index (χ2n) is 4.32. The first kappa shape index (κ1) is 13.5. The van der Waals surface area contributed by atoms with Crippen LogP contribution in [0.5, 0.6) is 0 Å². The lowest BCUT2D eigenvalue weighted by molar-refractivity contribution is 0.0935. The summed E-state index contributed by atoms with van der Waals surface area (Å²) in [5.41, 5.74) is 6.35. The van der Waals surface area contributed by atoms with E-state index in [4.69, 9.17) is 5.73 Å². The van der Waals surface area contributed by atoms with E-state index in [1.54, 1.807) is 24.6 Å². The van der Waals surface area contributed by atoms with E-state index < -0.39 is 0 Å². The second kappa shape index (κ2) is 5.40. The fraction of sp³-hybridized carbons (Fsp3) is 0.417. The molecular formula is C12H17N5OS. The van der Waals surface area contributed by atoms with Gasteiger partial charge in [-0.05, 0) is 13.3 Å². The average Bonchev–Trinajstić information content (AvgIpc) is 2.95. The molecule has 19 heavy (non-hydrogen) atoms. The molecule has 0 spiro atoms. The molecule has 0 aliphatic heterocycles. The first-order valence-electron chi connectivity index (χ1n) is 6.05. The molecule has 0 radical (unpaired) electrons. The molecule has 0 fully saturated rings. The Morgan fingerprint density at radius 1 is 1.63 bits per heavy atom. The third-order valence-electron chi connectivity index (χ3n) is 2.71. The minimum Gasteiger partial charge on any atom is -0.396 e. The van der Waals surface area contributed by atoms with Crippen molar-refractivity contribution in [3.05, 3.63) is 28.0 Å². The van der Waals surface area contributed by atoms with Crippen molar-refractivity contribution < 1.29 is 4.79 Å². The van der Waals surface area contributed by atoms with Gasteiger partial charge in [-0.1, -0.05) is 6.92 Å². The van der Waals surface area contributed by atoms with Crippen LogP contribution in [0.2, 0.25) is 0 Å². The first-order valence-corrected chi connectivity index (χ1v) is 6.87. The van der Waals surface area contributed by atoms with Gasteiger partial charge < -0.3 is 11.1 Å². The summed E-state index contributed by atoms with van der Waals surface area (Å²) in [6.07, 6.45) is 4.40. The maximum absolute atomic E-state index is 12.0. The number of thiazole rings is 1. The molecule has 0 aliphatic rings. The summed E-state index contributed by atoms with van der Waals surface area (Å²) >= 11 is 1.60. The molecule has 2 rings (SSSR count). The molecule has 0 bridgehead atoms. The standard InChI is InChI=1S/C12H17N5OS/c1-4-8-5-14-12(19-8)7(2)15-11(18)10-9(13)6-17(3)16-10/h5-7H,4,13H2,1-3H3,(H,15,18). The molecule has 102 valence electrons. The Hall–Kier alpha value is -1.89. The summed E-state index contributed by atoms with van der Waals surface area (Å²) in [6, 6.07) is -0.154.